The number of esters is 1. The Bertz CT molecular complexity index is 1420. The molecule has 2 N–H and O–H groups in total. The standard InChI is InChI=1S/C62H115N2O7P/c1-7-10-13-16-19-22-25-28-30-32-34-37-40-43-46-49-52-55-62(66)71-60(53-50-47-44-41-38-35-27-24-21-18-15-12-9-3)59(58-70-72(67,68)69-57-56-64(4,5)6)63-61(65)54-51-48-45-42-39-36-33-31-29-26-23-20-17-14-11-8-2/h11,14,20,23,29,31,36,39,50,53,59-60H,7-10,12-13,15-19,21-22,24-28,30,32-35,37-38,40-49,51-52,54-58H2,1-6H3,(H-,63,65,67,68)/p+1/b14-11+,23-20+,31-29+,39-36+,53-50+. The van der Waals surface area contributed by atoms with Gasteiger partial charge in [-0.05, 0) is 70.3 Å². The zero-order valence-electron chi connectivity index (χ0n) is 47.9. The quantitative estimate of drug-likeness (QED) is 0.0205. The molecule has 0 fully saturated rings. The Morgan fingerprint density at radius 2 is 0.889 bits per heavy atom. The van der Waals surface area contributed by atoms with Crippen molar-refractivity contribution in [1.29, 1.82) is 0 Å². The van der Waals surface area contributed by atoms with Crippen LogP contribution in [0.2, 0.25) is 0 Å². The molecule has 0 aromatic carbocycles. The summed E-state index contributed by atoms with van der Waals surface area (Å²) < 4.78 is 30.7. The highest BCUT2D eigenvalue weighted by Crippen LogP contribution is 2.43. The molecule has 0 radical (unpaired) electrons. The molecule has 0 spiro atoms. The lowest BCUT2D eigenvalue weighted by Gasteiger charge is -2.27. The number of quaternary nitrogens is 1. The van der Waals surface area contributed by atoms with E-state index in [2.05, 4.69) is 74.7 Å². The minimum atomic E-state index is -4.45. The number of amides is 1. The van der Waals surface area contributed by atoms with Gasteiger partial charge in [-0.25, -0.2) is 4.57 Å². The molecule has 0 aromatic rings. The number of likely N-dealkylation sites (N-methyl/N-ethyl adjacent to an activating group) is 1. The number of nitrogens with one attached hydrogen (secondary N) is 1. The van der Waals surface area contributed by atoms with E-state index in [1.165, 1.54) is 148 Å². The highest BCUT2D eigenvalue weighted by molar-refractivity contribution is 7.47. The summed E-state index contributed by atoms with van der Waals surface area (Å²) in [5.41, 5.74) is 0. The van der Waals surface area contributed by atoms with E-state index in [9.17, 15) is 19.0 Å². The Labute approximate surface area is 445 Å². The number of rotatable bonds is 54. The zero-order chi connectivity index (χ0) is 52.9. The van der Waals surface area contributed by atoms with Gasteiger partial charge in [0, 0.05) is 12.8 Å². The molecule has 0 aromatic heterocycles. The molecule has 420 valence electrons. The second-order valence-corrected chi connectivity index (χ2v) is 23.0. The van der Waals surface area contributed by atoms with Gasteiger partial charge in [0.25, 0.3) is 0 Å². The van der Waals surface area contributed by atoms with Crippen LogP contribution < -0.4 is 5.32 Å². The average molecular weight is 1030 g/mol. The minimum absolute atomic E-state index is 0.0336. The monoisotopic (exact) mass is 1030 g/mol. The summed E-state index contributed by atoms with van der Waals surface area (Å²) in [5, 5.41) is 3.04. The van der Waals surface area contributed by atoms with Gasteiger partial charge in [-0.1, -0.05) is 249 Å². The van der Waals surface area contributed by atoms with Crippen molar-refractivity contribution in [2.24, 2.45) is 0 Å². The van der Waals surface area contributed by atoms with Gasteiger partial charge in [0.1, 0.15) is 19.3 Å². The lowest BCUT2D eigenvalue weighted by atomic mass is 10.0. The minimum Gasteiger partial charge on any atom is -0.456 e. The van der Waals surface area contributed by atoms with Crippen molar-refractivity contribution in [2.75, 3.05) is 40.9 Å². The van der Waals surface area contributed by atoms with Crippen LogP contribution in [0.3, 0.4) is 0 Å². The molecule has 0 rings (SSSR count). The molecule has 0 heterocycles. The topological polar surface area (TPSA) is 111 Å². The van der Waals surface area contributed by atoms with Crippen LogP contribution in [0, 0.1) is 0 Å². The van der Waals surface area contributed by atoms with Crippen LogP contribution >= 0.6 is 7.82 Å². The molecule has 0 aliphatic carbocycles. The Morgan fingerprint density at radius 3 is 1.35 bits per heavy atom. The van der Waals surface area contributed by atoms with Crippen LogP contribution in [0.4, 0.5) is 0 Å². The number of nitrogens with zero attached hydrogens (tertiary/aromatic N) is 1. The highest BCUT2D eigenvalue weighted by Gasteiger charge is 2.30. The maximum atomic E-state index is 13.5. The molecule has 72 heavy (non-hydrogen) atoms. The third-order valence-electron chi connectivity index (χ3n) is 13.2. The molecular formula is C62H116N2O7P+. The van der Waals surface area contributed by atoms with E-state index < -0.39 is 20.0 Å². The van der Waals surface area contributed by atoms with E-state index in [-0.39, 0.29) is 31.5 Å². The number of carbonyl (C=O) groups is 2. The van der Waals surface area contributed by atoms with Crippen LogP contribution in [0.5, 0.6) is 0 Å². The summed E-state index contributed by atoms with van der Waals surface area (Å²) in [6, 6.07) is -0.863. The lowest BCUT2D eigenvalue weighted by molar-refractivity contribution is -0.870. The van der Waals surface area contributed by atoms with Crippen molar-refractivity contribution in [2.45, 2.75) is 283 Å². The molecule has 3 atom stereocenters. The summed E-state index contributed by atoms with van der Waals surface area (Å²) in [6.07, 6.45) is 65.0. The van der Waals surface area contributed by atoms with Crippen LogP contribution in [0.25, 0.3) is 0 Å². The van der Waals surface area contributed by atoms with E-state index in [0.717, 1.165) is 83.5 Å². The fourth-order valence-corrected chi connectivity index (χ4v) is 9.31. The molecule has 10 heteroatoms. The molecule has 0 saturated heterocycles. The normalized spacial score (nSPS) is 14.2. The molecule has 0 aliphatic heterocycles. The van der Waals surface area contributed by atoms with Crippen LogP contribution in [0.1, 0.15) is 271 Å². The SMILES string of the molecule is CC/C=C/C/C=C/C/C=C/C/C=C/CCCCCC(=O)NC(COP(=O)(O)OCC[N+](C)(C)C)C(/C=C/CCCCCCCCCCCCC)OC(=O)CCCCCCCCCCCCCCCCCCC. The third kappa shape index (κ3) is 52.6. The van der Waals surface area contributed by atoms with E-state index in [1.807, 2.05) is 33.3 Å². The largest absolute Gasteiger partial charge is 0.472 e. The van der Waals surface area contributed by atoms with Crippen molar-refractivity contribution < 1.29 is 37.3 Å². The first kappa shape index (κ1) is 69.7. The molecule has 9 nitrogen and oxygen atoms in total. The summed E-state index contributed by atoms with van der Waals surface area (Å²) in [5.74, 6) is -0.534. The number of allylic oxidation sites excluding steroid dienone is 9. The predicted molar refractivity (Wildman–Crippen MR) is 309 cm³/mol. The first-order valence-corrected chi connectivity index (χ1v) is 31.6. The zero-order valence-corrected chi connectivity index (χ0v) is 48.8. The Morgan fingerprint density at radius 1 is 0.500 bits per heavy atom. The predicted octanol–water partition coefficient (Wildman–Crippen LogP) is 18.3. The summed E-state index contributed by atoms with van der Waals surface area (Å²) in [6.45, 7) is 6.89. The van der Waals surface area contributed by atoms with Gasteiger partial charge in [-0.15, -0.1) is 0 Å². The number of unbranched alkanes of at least 4 members (excludes halogenated alkanes) is 30. The molecule has 0 aliphatic rings. The highest BCUT2D eigenvalue weighted by atomic mass is 31.2. The first-order chi connectivity index (χ1) is 34.9. The van der Waals surface area contributed by atoms with Gasteiger partial charge in [0.05, 0.1) is 33.8 Å². The number of hydrogen-bond donors (Lipinski definition) is 2. The number of ether oxygens (including phenoxy) is 1. The van der Waals surface area contributed by atoms with Crippen molar-refractivity contribution in [3.63, 3.8) is 0 Å². The van der Waals surface area contributed by atoms with Crippen molar-refractivity contribution >= 4 is 19.7 Å². The molecule has 3 unspecified atom stereocenters. The van der Waals surface area contributed by atoms with Gasteiger partial charge in [0.2, 0.25) is 5.91 Å². The molecule has 0 bridgehead atoms. The number of phosphoric ester groups is 1. The molecular weight excluding hydrogens is 916 g/mol. The van der Waals surface area contributed by atoms with E-state index in [0.29, 0.717) is 23.9 Å². The van der Waals surface area contributed by atoms with Crippen molar-refractivity contribution in [3.05, 3.63) is 60.8 Å². The lowest BCUT2D eigenvalue weighted by Crippen LogP contribution is -2.47. The van der Waals surface area contributed by atoms with Gasteiger partial charge >= 0.3 is 13.8 Å². The van der Waals surface area contributed by atoms with Crippen molar-refractivity contribution in [1.82, 2.24) is 5.32 Å². The maximum Gasteiger partial charge on any atom is 0.472 e. The number of carbonyl (C=O) groups excluding carboxylic acids is 2. The Kier molecular flexibility index (Phi) is 50.5. The third-order valence-corrected chi connectivity index (χ3v) is 14.2. The van der Waals surface area contributed by atoms with E-state index >= 15 is 0 Å². The Hall–Kier alpha value is -2.29. The Balaban J connectivity index is 5.36. The molecule has 0 saturated carbocycles. The summed E-state index contributed by atoms with van der Waals surface area (Å²) in [7, 11) is 1.48. The fraction of sp³-hybridized carbons (Fsp3) is 0.806. The average Bonchev–Trinajstić information content (AvgIpc) is 3.34. The van der Waals surface area contributed by atoms with Gasteiger partial charge in [-0.3, -0.25) is 18.6 Å². The van der Waals surface area contributed by atoms with Crippen LogP contribution in [-0.2, 0) is 27.9 Å². The van der Waals surface area contributed by atoms with E-state index in [1.54, 1.807) is 0 Å². The maximum absolute atomic E-state index is 13.5. The first-order valence-electron chi connectivity index (χ1n) is 30.1. The second kappa shape index (κ2) is 52.2. The van der Waals surface area contributed by atoms with E-state index in [4.69, 9.17) is 13.8 Å². The number of hydrogen-bond acceptors (Lipinski definition) is 6. The molecule has 1 amide bonds. The van der Waals surface area contributed by atoms with Crippen LogP contribution in [-0.4, -0.2) is 74.3 Å². The van der Waals surface area contributed by atoms with Crippen molar-refractivity contribution in [3.8, 4) is 0 Å². The smallest absolute Gasteiger partial charge is 0.456 e. The van der Waals surface area contributed by atoms with Gasteiger partial charge < -0.3 is 19.4 Å². The van der Waals surface area contributed by atoms with Gasteiger partial charge in [0.15, 0.2) is 0 Å². The summed E-state index contributed by atoms with van der Waals surface area (Å²) >= 11 is 0. The second-order valence-electron chi connectivity index (χ2n) is 21.5. The van der Waals surface area contributed by atoms with Crippen LogP contribution in [0.15, 0.2) is 60.8 Å². The van der Waals surface area contributed by atoms with Gasteiger partial charge in [-0.2, -0.15) is 0 Å². The summed E-state index contributed by atoms with van der Waals surface area (Å²) in [4.78, 5) is 37.6. The number of phosphoric acid groups is 1. The fourth-order valence-electron chi connectivity index (χ4n) is 8.58.